The number of anilines is 1. The first-order valence-corrected chi connectivity index (χ1v) is 11.3. The van der Waals surface area contributed by atoms with Gasteiger partial charge in [-0.1, -0.05) is 46.3 Å². The first-order valence-electron chi connectivity index (χ1n) is 8.64. The number of sulfonamides is 1. The van der Waals surface area contributed by atoms with Gasteiger partial charge in [-0.25, -0.2) is 8.42 Å². The molecule has 0 aliphatic carbocycles. The van der Waals surface area contributed by atoms with Crippen LogP contribution in [0.25, 0.3) is 0 Å². The Morgan fingerprint density at radius 2 is 1.83 bits per heavy atom. The molecule has 0 saturated heterocycles. The molecule has 1 atom stereocenters. The monoisotopic (exact) mass is 490 g/mol. The highest BCUT2D eigenvalue weighted by Gasteiger charge is 2.46. The largest absolute Gasteiger partial charge is 0.471 e. The number of nitrogens with zero attached hydrogens (tertiary/aromatic N) is 2. The van der Waals surface area contributed by atoms with E-state index < -0.39 is 34.7 Å². The molecule has 3 rings (SSSR count). The second kappa shape index (κ2) is 8.08. The van der Waals surface area contributed by atoms with Crippen LogP contribution in [-0.4, -0.2) is 43.6 Å². The van der Waals surface area contributed by atoms with Gasteiger partial charge in [-0.2, -0.15) is 17.5 Å². The fourth-order valence-corrected chi connectivity index (χ4v) is 4.89. The van der Waals surface area contributed by atoms with Crippen LogP contribution in [0.3, 0.4) is 0 Å². The van der Waals surface area contributed by atoms with Gasteiger partial charge in [-0.15, -0.1) is 0 Å². The van der Waals surface area contributed by atoms with Crippen molar-refractivity contribution in [2.24, 2.45) is 0 Å². The maximum Gasteiger partial charge on any atom is 0.471 e. The number of hydrogen-bond donors (Lipinski definition) is 0. The van der Waals surface area contributed by atoms with Crippen LogP contribution in [-0.2, 0) is 27.8 Å². The molecule has 0 N–H and O–H groups in total. The van der Waals surface area contributed by atoms with E-state index in [0.717, 1.165) is 16.1 Å². The van der Waals surface area contributed by atoms with Crippen LogP contribution in [0.15, 0.2) is 53.0 Å². The minimum absolute atomic E-state index is 0.0553. The zero-order valence-electron chi connectivity index (χ0n) is 15.4. The number of benzene rings is 2. The molecule has 10 heteroatoms. The van der Waals surface area contributed by atoms with Gasteiger partial charge < -0.3 is 4.90 Å². The summed E-state index contributed by atoms with van der Waals surface area (Å²) >= 11 is 3.26. The molecule has 1 aliphatic heterocycles. The molecule has 2 aromatic carbocycles. The van der Waals surface area contributed by atoms with E-state index >= 15 is 0 Å². The Balaban J connectivity index is 2.12. The van der Waals surface area contributed by atoms with Crippen molar-refractivity contribution in [1.29, 1.82) is 0 Å². The molecule has 1 amide bonds. The van der Waals surface area contributed by atoms with E-state index in [1.54, 1.807) is 30.3 Å². The van der Waals surface area contributed by atoms with Gasteiger partial charge in [0.15, 0.2) is 0 Å². The third kappa shape index (κ3) is 4.99. The van der Waals surface area contributed by atoms with E-state index in [9.17, 15) is 26.4 Å². The quantitative estimate of drug-likeness (QED) is 0.658. The van der Waals surface area contributed by atoms with Crippen molar-refractivity contribution in [3.8, 4) is 0 Å². The van der Waals surface area contributed by atoms with Crippen LogP contribution in [0.5, 0.6) is 0 Å². The third-order valence-corrected chi connectivity index (χ3v) is 6.46. The van der Waals surface area contributed by atoms with Crippen molar-refractivity contribution < 1.29 is 26.4 Å². The van der Waals surface area contributed by atoms with Crippen molar-refractivity contribution in [2.75, 3.05) is 17.7 Å². The fraction of sp³-hybridized carbons (Fsp3) is 0.316. The molecule has 1 aliphatic rings. The molecule has 0 fully saturated rings. The summed E-state index contributed by atoms with van der Waals surface area (Å²) in [5.74, 6) is -2.02. The molecular weight excluding hydrogens is 473 g/mol. The topological polar surface area (TPSA) is 57.7 Å². The Bertz CT molecular complexity index is 1010. The Kier molecular flexibility index (Phi) is 6.07. The Morgan fingerprint density at radius 3 is 2.41 bits per heavy atom. The van der Waals surface area contributed by atoms with Crippen LogP contribution in [0, 0.1) is 0 Å². The highest BCUT2D eigenvalue weighted by molar-refractivity contribution is 9.10. The fourth-order valence-electron chi connectivity index (χ4n) is 3.43. The summed E-state index contributed by atoms with van der Waals surface area (Å²) < 4.78 is 66.6. The predicted molar refractivity (Wildman–Crippen MR) is 107 cm³/mol. The first-order chi connectivity index (χ1) is 13.5. The standard InChI is InChI=1S/C19H18BrF3N2O3S/c1-29(27,28)25-11-14-10-15(20)7-8-17(14)24(18(26)19(21,22)23)12-16(25)9-13-5-3-2-4-6-13/h2-8,10,16H,9,11-12H2,1H3. The van der Waals surface area contributed by atoms with E-state index in [2.05, 4.69) is 15.9 Å². The number of carbonyl (C=O) groups is 1. The lowest BCUT2D eigenvalue weighted by atomic mass is 10.1. The highest BCUT2D eigenvalue weighted by Crippen LogP contribution is 2.34. The van der Waals surface area contributed by atoms with E-state index in [4.69, 9.17) is 0 Å². The zero-order valence-corrected chi connectivity index (χ0v) is 17.8. The first kappa shape index (κ1) is 21.8. The summed E-state index contributed by atoms with van der Waals surface area (Å²) in [6.07, 6.45) is -3.89. The number of halogens is 4. The molecule has 0 saturated carbocycles. The van der Waals surface area contributed by atoms with Gasteiger partial charge in [0.2, 0.25) is 10.0 Å². The van der Waals surface area contributed by atoms with E-state index in [-0.39, 0.29) is 18.7 Å². The van der Waals surface area contributed by atoms with Crippen LogP contribution in [0.2, 0.25) is 0 Å². The summed E-state index contributed by atoms with van der Waals surface area (Å²) in [6.45, 7) is -0.540. The number of carbonyl (C=O) groups excluding carboxylic acids is 1. The Hall–Kier alpha value is -1.91. The SMILES string of the molecule is CS(=O)(=O)N1Cc2cc(Br)ccc2N(C(=O)C(F)(F)F)CC1Cc1ccccc1. The van der Waals surface area contributed by atoms with Crippen LogP contribution < -0.4 is 4.90 Å². The lowest BCUT2D eigenvalue weighted by molar-refractivity contribution is -0.170. The molecule has 1 heterocycles. The van der Waals surface area contributed by atoms with Crippen LogP contribution in [0.1, 0.15) is 11.1 Å². The van der Waals surface area contributed by atoms with Gasteiger partial charge in [0, 0.05) is 29.3 Å². The van der Waals surface area contributed by atoms with Gasteiger partial charge in [0.1, 0.15) is 0 Å². The van der Waals surface area contributed by atoms with E-state index in [1.807, 2.05) is 0 Å². The molecule has 5 nitrogen and oxygen atoms in total. The average molecular weight is 491 g/mol. The van der Waals surface area contributed by atoms with Gasteiger partial charge in [0.25, 0.3) is 0 Å². The van der Waals surface area contributed by atoms with Crippen molar-refractivity contribution in [1.82, 2.24) is 4.31 Å². The Labute approximate surface area is 175 Å². The van der Waals surface area contributed by atoms with Gasteiger partial charge in [-0.05, 0) is 35.7 Å². The number of fused-ring (bicyclic) bond motifs is 1. The molecule has 0 radical (unpaired) electrons. The van der Waals surface area contributed by atoms with Crippen molar-refractivity contribution in [3.63, 3.8) is 0 Å². The second-order valence-electron chi connectivity index (χ2n) is 6.84. The lowest BCUT2D eigenvalue weighted by Gasteiger charge is -2.30. The summed E-state index contributed by atoms with van der Waals surface area (Å²) in [4.78, 5) is 12.8. The minimum Gasteiger partial charge on any atom is -0.303 e. The lowest BCUT2D eigenvalue weighted by Crippen LogP contribution is -2.49. The van der Waals surface area contributed by atoms with Crippen molar-refractivity contribution >= 4 is 37.5 Å². The number of hydrogen-bond acceptors (Lipinski definition) is 3. The molecule has 0 bridgehead atoms. The smallest absolute Gasteiger partial charge is 0.303 e. The molecule has 1 unspecified atom stereocenters. The molecule has 0 aromatic heterocycles. The zero-order chi connectivity index (χ0) is 21.4. The van der Waals surface area contributed by atoms with E-state index in [1.165, 1.54) is 18.2 Å². The minimum atomic E-state index is -5.08. The molecule has 2 aromatic rings. The Morgan fingerprint density at radius 1 is 1.17 bits per heavy atom. The predicted octanol–water partition coefficient (Wildman–Crippen LogP) is 3.73. The summed E-state index contributed by atoms with van der Waals surface area (Å²) in [5.41, 5.74) is 1.13. The van der Waals surface area contributed by atoms with Gasteiger partial charge in [0.05, 0.1) is 6.26 Å². The molecule has 0 spiro atoms. The molecule has 29 heavy (non-hydrogen) atoms. The highest BCUT2D eigenvalue weighted by atomic mass is 79.9. The number of rotatable bonds is 3. The number of alkyl halides is 3. The second-order valence-corrected chi connectivity index (χ2v) is 9.69. The van der Waals surface area contributed by atoms with Crippen LogP contribution >= 0.6 is 15.9 Å². The van der Waals surface area contributed by atoms with Crippen molar-refractivity contribution in [3.05, 3.63) is 64.1 Å². The molecular formula is C19H18BrF3N2O3S. The van der Waals surface area contributed by atoms with Gasteiger partial charge in [-0.3, -0.25) is 4.79 Å². The van der Waals surface area contributed by atoms with Gasteiger partial charge >= 0.3 is 12.1 Å². The summed E-state index contributed by atoms with van der Waals surface area (Å²) in [5, 5.41) is 0. The molecule has 156 valence electrons. The van der Waals surface area contributed by atoms with Crippen molar-refractivity contribution in [2.45, 2.75) is 25.2 Å². The van der Waals surface area contributed by atoms with Crippen LogP contribution in [0.4, 0.5) is 18.9 Å². The third-order valence-electron chi connectivity index (χ3n) is 4.69. The van der Waals surface area contributed by atoms with E-state index in [0.29, 0.717) is 14.9 Å². The maximum atomic E-state index is 13.3. The average Bonchev–Trinajstić information content (AvgIpc) is 2.78. The summed E-state index contributed by atoms with van der Waals surface area (Å²) in [7, 11) is -3.76. The maximum absolute atomic E-state index is 13.3. The number of amides is 1. The summed E-state index contributed by atoms with van der Waals surface area (Å²) in [6, 6.07) is 12.5. The normalized spacial score (nSPS) is 18.2.